The highest BCUT2D eigenvalue weighted by Gasteiger charge is 2.06. The van der Waals surface area contributed by atoms with Crippen LogP contribution in [0, 0.1) is 0 Å². The fraction of sp³-hybridized carbons (Fsp3) is 0.0714. The van der Waals surface area contributed by atoms with Gasteiger partial charge in [0, 0.05) is 5.69 Å². The lowest BCUT2D eigenvalue weighted by Gasteiger charge is -2.05. The van der Waals surface area contributed by atoms with Crippen LogP contribution in [0.3, 0.4) is 0 Å². The highest BCUT2D eigenvalue weighted by molar-refractivity contribution is 7.12. The van der Waals surface area contributed by atoms with Gasteiger partial charge in [0.2, 0.25) is 0 Å². The van der Waals surface area contributed by atoms with E-state index in [1.54, 1.807) is 17.1 Å². The molecule has 2 heterocycles. The first-order chi connectivity index (χ1) is 9.81. The quantitative estimate of drug-likeness (QED) is 0.801. The summed E-state index contributed by atoms with van der Waals surface area (Å²) in [5.41, 5.74) is 1.88. The second kappa shape index (κ2) is 5.66. The molecule has 5 nitrogen and oxygen atoms in total. The summed E-state index contributed by atoms with van der Waals surface area (Å²) in [6.07, 6.45) is 3.18. The highest BCUT2D eigenvalue weighted by Crippen LogP contribution is 2.14. The van der Waals surface area contributed by atoms with Crippen LogP contribution in [0.25, 0.3) is 0 Å². The summed E-state index contributed by atoms with van der Waals surface area (Å²) in [5.74, 6) is -0.0796. The Kier molecular flexibility index (Phi) is 3.56. The van der Waals surface area contributed by atoms with Crippen molar-refractivity contribution in [2.75, 3.05) is 5.32 Å². The Labute approximate surface area is 119 Å². The molecule has 0 saturated heterocycles. The minimum Gasteiger partial charge on any atom is -0.321 e. The molecule has 0 bridgehead atoms. The molecule has 0 unspecified atom stereocenters. The third-order valence-electron chi connectivity index (χ3n) is 2.77. The molecule has 1 N–H and O–H groups in total. The standard InChI is InChI=1S/C14H12N4OS/c19-14(13-2-1-7-20-13)17-12-5-3-11(4-6-12)8-18-10-15-9-16-18/h1-7,9-10H,8H2,(H,17,19). The number of aromatic nitrogens is 3. The van der Waals surface area contributed by atoms with E-state index in [0.29, 0.717) is 11.4 Å². The Hall–Kier alpha value is -2.47. The molecule has 0 fully saturated rings. The Balaban J connectivity index is 1.65. The third-order valence-corrected chi connectivity index (χ3v) is 3.64. The van der Waals surface area contributed by atoms with Crippen molar-refractivity contribution >= 4 is 22.9 Å². The van der Waals surface area contributed by atoms with Crippen molar-refractivity contribution in [3.63, 3.8) is 0 Å². The highest BCUT2D eigenvalue weighted by atomic mass is 32.1. The molecule has 1 aromatic carbocycles. The molecule has 6 heteroatoms. The van der Waals surface area contributed by atoms with Crippen LogP contribution in [-0.4, -0.2) is 20.7 Å². The van der Waals surface area contributed by atoms with Crippen molar-refractivity contribution in [1.82, 2.24) is 14.8 Å². The molecular formula is C14H12N4OS. The normalized spacial score (nSPS) is 10.4. The molecular weight excluding hydrogens is 272 g/mol. The van der Waals surface area contributed by atoms with Crippen LogP contribution < -0.4 is 5.32 Å². The van der Waals surface area contributed by atoms with Gasteiger partial charge >= 0.3 is 0 Å². The zero-order valence-corrected chi connectivity index (χ0v) is 11.4. The molecule has 0 aliphatic carbocycles. The van der Waals surface area contributed by atoms with Gasteiger partial charge < -0.3 is 5.32 Å². The predicted molar refractivity (Wildman–Crippen MR) is 77.8 cm³/mol. The number of hydrogen-bond donors (Lipinski definition) is 1. The van der Waals surface area contributed by atoms with Crippen molar-refractivity contribution in [1.29, 1.82) is 0 Å². The van der Waals surface area contributed by atoms with E-state index in [2.05, 4.69) is 15.4 Å². The summed E-state index contributed by atoms with van der Waals surface area (Å²) < 4.78 is 1.75. The maximum atomic E-state index is 11.9. The number of amides is 1. The van der Waals surface area contributed by atoms with Gasteiger partial charge in [-0.2, -0.15) is 5.10 Å². The third kappa shape index (κ3) is 2.92. The Bertz CT molecular complexity index is 675. The maximum Gasteiger partial charge on any atom is 0.265 e. The van der Waals surface area contributed by atoms with Crippen LogP contribution in [0.2, 0.25) is 0 Å². The molecule has 0 aliphatic heterocycles. The summed E-state index contributed by atoms with van der Waals surface area (Å²) in [4.78, 5) is 16.5. The SMILES string of the molecule is O=C(Nc1ccc(Cn2cncn2)cc1)c1cccs1. The van der Waals surface area contributed by atoms with Gasteiger partial charge in [0.05, 0.1) is 11.4 Å². The molecule has 0 spiro atoms. The zero-order valence-electron chi connectivity index (χ0n) is 10.6. The fourth-order valence-electron chi connectivity index (χ4n) is 1.80. The van der Waals surface area contributed by atoms with E-state index >= 15 is 0 Å². The number of nitrogens with zero attached hydrogens (tertiary/aromatic N) is 3. The molecule has 100 valence electrons. The first-order valence-electron chi connectivity index (χ1n) is 6.07. The predicted octanol–water partition coefficient (Wildman–Crippen LogP) is 2.64. The van der Waals surface area contributed by atoms with Gasteiger partial charge in [-0.15, -0.1) is 11.3 Å². The number of anilines is 1. The lowest BCUT2D eigenvalue weighted by Crippen LogP contribution is -2.10. The number of thiophene rings is 1. The van der Waals surface area contributed by atoms with E-state index in [1.807, 2.05) is 35.7 Å². The number of benzene rings is 1. The maximum absolute atomic E-state index is 11.9. The van der Waals surface area contributed by atoms with Gasteiger partial charge in [0.15, 0.2) is 0 Å². The van der Waals surface area contributed by atoms with Crippen LogP contribution in [-0.2, 0) is 6.54 Å². The molecule has 3 aromatic rings. The van der Waals surface area contributed by atoms with E-state index in [4.69, 9.17) is 0 Å². The summed E-state index contributed by atoms with van der Waals surface area (Å²) in [6.45, 7) is 0.666. The second-order valence-electron chi connectivity index (χ2n) is 4.22. The number of rotatable bonds is 4. The van der Waals surface area contributed by atoms with Crippen molar-refractivity contribution in [2.24, 2.45) is 0 Å². The van der Waals surface area contributed by atoms with E-state index in [-0.39, 0.29) is 5.91 Å². The molecule has 0 aliphatic rings. The zero-order chi connectivity index (χ0) is 13.8. The van der Waals surface area contributed by atoms with E-state index < -0.39 is 0 Å². The second-order valence-corrected chi connectivity index (χ2v) is 5.17. The van der Waals surface area contributed by atoms with Gasteiger partial charge in [-0.25, -0.2) is 9.67 Å². The van der Waals surface area contributed by atoms with Gasteiger partial charge in [0.1, 0.15) is 12.7 Å². The van der Waals surface area contributed by atoms with E-state index in [1.165, 1.54) is 17.7 Å². The van der Waals surface area contributed by atoms with Crippen LogP contribution in [0.4, 0.5) is 5.69 Å². The van der Waals surface area contributed by atoms with Gasteiger partial charge in [-0.1, -0.05) is 18.2 Å². The van der Waals surface area contributed by atoms with Crippen LogP contribution in [0.15, 0.2) is 54.4 Å². The Morgan fingerprint density at radius 1 is 1.25 bits per heavy atom. The van der Waals surface area contributed by atoms with Crippen LogP contribution in [0.1, 0.15) is 15.2 Å². The van der Waals surface area contributed by atoms with Crippen molar-refractivity contribution in [2.45, 2.75) is 6.54 Å². The molecule has 0 saturated carbocycles. The van der Waals surface area contributed by atoms with Crippen LogP contribution >= 0.6 is 11.3 Å². The summed E-state index contributed by atoms with van der Waals surface area (Å²) >= 11 is 1.43. The lowest BCUT2D eigenvalue weighted by atomic mass is 10.2. The van der Waals surface area contributed by atoms with Crippen molar-refractivity contribution < 1.29 is 4.79 Å². The topological polar surface area (TPSA) is 59.8 Å². The van der Waals surface area contributed by atoms with Crippen molar-refractivity contribution in [3.8, 4) is 0 Å². The smallest absolute Gasteiger partial charge is 0.265 e. The van der Waals surface area contributed by atoms with Gasteiger partial charge in [0.25, 0.3) is 5.91 Å². The Morgan fingerprint density at radius 3 is 2.75 bits per heavy atom. The minimum atomic E-state index is -0.0796. The van der Waals surface area contributed by atoms with E-state index in [0.717, 1.165) is 11.3 Å². The monoisotopic (exact) mass is 284 g/mol. The average molecular weight is 284 g/mol. The summed E-state index contributed by atoms with van der Waals surface area (Å²) in [6, 6.07) is 11.4. The molecule has 1 amide bonds. The number of nitrogens with one attached hydrogen (secondary N) is 1. The molecule has 20 heavy (non-hydrogen) atoms. The number of carbonyl (C=O) groups excluding carboxylic acids is 1. The summed E-state index contributed by atoms with van der Waals surface area (Å²) in [7, 11) is 0. The first kappa shape index (κ1) is 12.6. The molecule has 2 aromatic heterocycles. The lowest BCUT2D eigenvalue weighted by molar-refractivity contribution is 0.103. The summed E-state index contributed by atoms with van der Waals surface area (Å²) in [5, 5.41) is 8.81. The van der Waals surface area contributed by atoms with E-state index in [9.17, 15) is 4.79 Å². The fourth-order valence-corrected chi connectivity index (χ4v) is 2.41. The largest absolute Gasteiger partial charge is 0.321 e. The molecule has 0 radical (unpaired) electrons. The van der Waals surface area contributed by atoms with Crippen molar-refractivity contribution in [3.05, 3.63) is 64.9 Å². The van der Waals surface area contributed by atoms with Gasteiger partial charge in [-0.05, 0) is 29.1 Å². The molecule has 3 rings (SSSR count). The minimum absolute atomic E-state index is 0.0796. The number of hydrogen-bond acceptors (Lipinski definition) is 4. The van der Waals surface area contributed by atoms with Crippen LogP contribution in [0.5, 0.6) is 0 Å². The molecule has 0 atom stereocenters. The first-order valence-corrected chi connectivity index (χ1v) is 6.95. The average Bonchev–Trinajstić information content (AvgIpc) is 3.13. The number of carbonyl (C=O) groups is 1. The Morgan fingerprint density at radius 2 is 2.10 bits per heavy atom. The van der Waals surface area contributed by atoms with Gasteiger partial charge in [-0.3, -0.25) is 4.79 Å².